The smallest absolute Gasteiger partial charge is 0.244 e. The highest BCUT2D eigenvalue weighted by Gasteiger charge is 2.30. The molecule has 0 radical (unpaired) electrons. The molecular weight excluding hydrogens is 426 g/mol. The zero-order valence-electron chi connectivity index (χ0n) is 17.4. The van der Waals surface area contributed by atoms with E-state index in [4.69, 9.17) is 11.6 Å². The molecule has 0 bridgehead atoms. The van der Waals surface area contributed by atoms with Crippen LogP contribution in [0.3, 0.4) is 0 Å². The van der Waals surface area contributed by atoms with Crippen LogP contribution in [0.15, 0.2) is 48.5 Å². The maximum atomic E-state index is 13.2. The molecule has 0 heterocycles. The summed E-state index contributed by atoms with van der Waals surface area (Å²) in [6, 6.07) is 13.2. The molecule has 2 aromatic carbocycles. The SMILES string of the molecule is CNC(=O)[C@@H](C)N(Cc1ccc(C)cc1)C(=O)CN(c1ccccc1Cl)S(C)(=O)=O. The van der Waals surface area contributed by atoms with Gasteiger partial charge >= 0.3 is 0 Å². The summed E-state index contributed by atoms with van der Waals surface area (Å²) in [5.41, 5.74) is 2.10. The molecule has 0 saturated heterocycles. The number of amides is 2. The molecule has 0 aliphatic carbocycles. The normalized spacial score (nSPS) is 12.2. The third-order valence-corrected chi connectivity index (χ3v) is 6.13. The van der Waals surface area contributed by atoms with Gasteiger partial charge in [-0.3, -0.25) is 13.9 Å². The monoisotopic (exact) mass is 451 g/mol. The Hall–Kier alpha value is -2.58. The summed E-state index contributed by atoms with van der Waals surface area (Å²) in [5.74, 6) is -0.865. The molecule has 0 aliphatic rings. The standard InChI is InChI=1S/C21H26ClN3O4S/c1-15-9-11-17(12-10-15)13-24(16(2)21(27)23-3)20(26)14-25(30(4,28)29)19-8-6-5-7-18(19)22/h5-12,16H,13-14H2,1-4H3,(H,23,27)/t16-/m1/s1. The highest BCUT2D eigenvalue weighted by atomic mass is 35.5. The first-order valence-corrected chi connectivity index (χ1v) is 11.6. The minimum Gasteiger partial charge on any atom is -0.357 e. The van der Waals surface area contributed by atoms with Crippen LogP contribution >= 0.6 is 11.6 Å². The van der Waals surface area contributed by atoms with E-state index < -0.39 is 28.5 Å². The van der Waals surface area contributed by atoms with E-state index in [0.29, 0.717) is 0 Å². The summed E-state index contributed by atoms with van der Waals surface area (Å²) < 4.78 is 25.8. The van der Waals surface area contributed by atoms with Crippen LogP contribution in [0.2, 0.25) is 5.02 Å². The van der Waals surface area contributed by atoms with Gasteiger partial charge in [-0.25, -0.2) is 8.42 Å². The van der Waals surface area contributed by atoms with Crippen LogP contribution in [-0.2, 0) is 26.2 Å². The molecule has 30 heavy (non-hydrogen) atoms. The minimum absolute atomic E-state index is 0.161. The zero-order chi connectivity index (χ0) is 22.5. The van der Waals surface area contributed by atoms with E-state index in [2.05, 4.69) is 5.32 Å². The maximum absolute atomic E-state index is 13.2. The van der Waals surface area contributed by atoms with E-state index in [0.717, 1.165) is 21.7 Å². The molecule has 0 spiro atoms. The number of likely N-dealkylation sites (N-methyl/N-ethyl adjacent to an activating group) is 1. The number of nitrogens with one attached hydrogen (secondary N) is 1. The van der Waals surface area contributed by atoms with Gasteiger partial charge in [-0.15, -0.1) is 0 Å². The molecule has 0 aromatic heterocycles. The number of hydrogen-bond acceptors (Lipinski definition) is 4. The van der Waals surface area contributed by atoms with Crippen molar-refractivity contribution in [1.82, 2.24) is 10.2 Å². The van der Waals surface area contributed by atoms with Gasteiger partial charge in [-0.1, -0.05) is 53.6 Å². The summed E-state index contributed by atoms with van der Waals surface area (Å²) >= 11 is 6.17. The molecule has 0 fully saturated rings. The average molecular weight is 452 g/mol. The molecule has 0 unspecified atom stereocenters. The molecule has 0 aliphatic heterocycles. The van der Waals surface area contributed by atoms with Crippen molar-refractivity contribution in [3.05, 3.63) is 64.7 Å². The molecule has 1 atom stereocenters. The highest BCUT2D eigenvalue weighted by molar-refractivity contribution is 7.92. The first kappa shape index (κ1) is 23.7. The van der Waals surface area contributed by atoms with Crippen LogP contribution in [0, 0.1) is 6.92 Å². The molecule has 7 nitrogen and oxygen atoms in total. The number of nitrogens with zero attached hydrogens (tertiary/aromatic N) is 2. The van der Waals surface area contributed by atoms with Crippen molar-refractivity contribution in [2.45, 2.75) is 26.4 Å². The Balaban J connectivity index is 2.38. The number of halogens is 1. The van der Waals surface area contributed by atoms with Gasteiger partial charge < -0.3 is 10.2 Å². The lowest BCUT2D eigenvalue weighted by Gasteiger charge is -2.31. The van der Waals surface area contributed by atoms with Gasteiger partial charge in [0.25, 0.3) is 0 Å². The lowest BCUT2D eigenvalue weighted by molar-refractivity contribution is -0.139. The molecule has 9 heteroatoms. The van der Waals surface area contributed by atoms with Gasteiger partial charge in [-0.05, 0) is 31.5 Å². The number of benzene rings is 2. The highest BCUT2D eigenvalue weighted by Crippen LogP contribution is 2.27. The number of para-hydroxylation sites is 1. The fourth-order valence-corrected chi connectivity index (χ4v) is 4.08. The van der Waals surface area contributed by atoms with Crippen molar-refractivity contribution in [3.8, 4) is 0 Å². The van der Waals surface area contributed by atoms with Crippen molar-refractivity contribution in [1.29, 1.82) is 0 Å². The van der Waals surface area contributed by atoms with Gasteiger partial charge in [-0.2, -0.15) is 0 Å². The quantitative estimate of drug-likeness (QED) is 0.668. The molecule has 162 valence electrons. The lowest BCUT2D eigenvalue weighted by Crippen LogP contribution is -2.50. The van der Waals surface area contributed by atoms with E-state index in [-0.39, 0.29) is 23.2 Å². The summed E-state index contributed by atoms with van der Waals surface area (Å²) in [6.45, 7) is 3.24. The first-order valence-electron chi connectivity index (χ1n) is 9.33. The predicted octanol–water partition coefficient (Wildman–Crippen LogP) is 2.58. The molecule has 1 N–H and O–H groups in total. The van der Waals surface area contributed by atoms with Crippen molar-refractivity contribution in [2.75, 3.05) is 24.2 Å². The Bertz CT molecular complexity index is 1010. The number of carbonyl (C=O) groups is 2. The van der Waals surface area contributed by atoms with E-state index in [1.54, 1.807) is 25.1 Å². The fraction of sp³-hybridized carbons (Fsp3) is 0.333. The van der Waals surface area contributed by atoms with Gasteiger partial charge in [0.15, 0.2) is 0 Å². The number of aryl methyl sites for hydroxylation is 1. The van der Waals surface area contributed by atoms with Gasteiger partial charge in [0.1, 0.15) is 12.6 Å². The van der Waals surface area contributed by atoms with E-state index in [9.17, 15) is 18.0 Å². The molecule has 2 rings (SSSR count). The summed E-state index contributed by atoms with van der Waals surface area (Å²) in [4.78, 5) is 26.8. The van der Waals surface area contributed by atoms with E-state index >= 15 is 0 Å². The second-order valence-corrected chi connectivity index (χ2v) is 9.33. The topological polar surface area (TPSA) is 86.8 Å². The van der Waals surface area contributed by atoms with E-state index in [1.807, 2.05) is 31.2 Å². The van der Waals surface area contributed by atoms with Gasteiger partial charge in [0.2, 0.25) is 21.8 Å². The van der Waals surface area contributed by atoms with E-state index in [1.165, 1.54) is 18.0 Å². The first-order chi connectivity index (χ1) is 14.0. The summed E-state index contributed by atoms with van der Waals surface area (Å²) in [7, 11) is -2.31. The fourth-order valence-electron chi connectivity index (χ4n) is 2.93. The maximum Gasteiger partial charge on any atom is 0.244 e. The number of hydrogen-bond donors (Lipinski definition) is 1. The third kappa shape index (κ3) is 5.96. The molecular formula is C21H26ClN3O4S. The average Bonchev–Trinajstić information content (AvgIpc) is 2.70. The van der Waals surface area contributed by atoms with Crippen molar-refractivity contribution in [3.63, 3.8) is 0 Å². The Kier molecular flexibility index (Phi) is 7.86. The van der Waals surface area contributed by atoms with Crippen LogP contribution in [0.25, 0.3) is 0 Å². The zero-order valence-corrected chi connectivity index (χ0v) is 19.0. The second kappa shape index (κ2) is 9.95. The Morgan fingerprint density at radius 2 is 1.70 bits per heavy atom. The largest absolute Gasteiger partial charge is 0.357 e. The van der Waals surface area contributed by atoms with Gasteiger partial charge in [0.05, 0.1) is 17.0 Å². The Morgan fingerprint density at radius 3 is 2.23 bits per heavy atom. The van der Waals surface area contributed by atoms with Crippen LogP contribution in [-0.4, -0.2) is 51.0 Å². The summed E-state index contributed by atoms with van der Waals surface area (Å²) in [5, 5.41) is 2.74. The molecule has 2 amide bonds. The minimum atomic E-state index is -3.80. The Morgan fingerprint density at radius 1 is 1.10 bits per heavy atom. The number of anilines is 1. The van der Waals surface area contributed by atoms with Crippen LogP contribution < -0.4 is 9.62 Å². The van der Waals surface area contributed by atoms with Crippen molar-refractivity contribution >= 4 is 39.1 Å². The summed E-state index contributed by atoms with van der Waals surface area (Å²) in [6.07, 6.45) is 1.01. The molecule has 2 aromatic rings. The molecule has 0 saturated carbocycles. The number of sulfonamides is 1. The van der Waals surface area contributed by atoms with Crippen molar-refractivity contribution in [2.24, 2.45) is 0 Å². The van der Waals surface area contributed by atoms with Crippen LogP contribution in [0.4, 0.5) is 5.69 Å². The van der Waals surface area contributed by atoms with Crippen LogP contribution in [0.1, 0.15) is 18.1 Å². The second-order valence-electron chi connectivity index (χ2n) is 7.02. The lowest BCUT2D eigenvalue weighted by atomic mass is 10.1. The predicted molar refractivity (Wildman–Crippen MR) is 119 cm³/mol. The van der Waals surface area contributed by atoms with Gasteiger partial charge in [0, 0.05) is 13.6 Å². The van der Waals surface area contributed by atoms with Crippen molar-refractivity contribution < 1.29 is 18.0 Å². The van der Waals surface area contributed by atoms with Crippen LogP contribution in [0.5, 0.6) is 0 Å². The Labute approximate surface area is 182 Å². The number of rotatable bonds is 8. The number of carbonyl (C=O) groups excluding carboxylic acids is 2. The third-order valence-electron chi connectivity index (χ3n) is 4.69.